The first-order valence-electron chi connectivity index (χ1n) is 7.23. The molecular formula is C14H26N2O3. The van der Waals surface area contributed by atoms with Crippen molar-refractivity contribution in [1.29, 1.82) is 0 Å². The van der Waals surface area contributed by atoms with Crippen molar-refractivity contribution >= 4 is 11.9 Å². The van der Waals surface area contributed by atoms with Crippen LogP contribution in [0.3, 0.4) is 0 Å². The lowest BCUT2D eigenvalue weighted by atomic mass is 9.85. The summed E-state index contributed by atoms with van der Waals surface area (Å²) in [6, 6.07) is -0.221. The fraction of sp³-hybridized carbons (Fsp3) is 0.857. The van der Waals surface area contributed by atoms with Crippen LogP contribution < -0.4 is 11.1 Å². The van der Waals surface area contributed by atoms with E-state index < -0.39 is 11.4 Å². The van der Waals surface area contributed by atoms with Gasteiger partial charge in [-0.05, 0) is 39.2 Å². The smallest absolute Gasteiger partial charge is 0.311 e. The van der Waals surface area contributed by atoms with Crippen molar-refractivity contribution < 1.29 is 14.7 Å². The molecule has 0 aromatic carbocycles. The van der Waals surface area contributed by atoms with E-state index in [0.29, 0.717) is 19.4 Å². The second-order valence-corrected chi connectivity index (χ2v) is 5.69. The van der Waals surface area contributed by atoms with Gasteiger partial charge in [0.15, 0.2) is 0 Å². The van der Waals surface area contributed by atoms with Crippen LogP contribution in [0.5, 0.6) is 0 Å². The maximum absolute atomic E-state index is 11.8. The molecule has 5 heteroatoms. The first-order chi connectivity index (χ1) is 9.00. The Labute approximate surface area is 114 Å². The van der Waals surface area contributed by atoms with Crippen molar-refractivity contribution in [2.75, 3.05) is 6.54 Å². The van der Waals surface area contributed by atoms with E-state index in [-0.39, 0.29) is 11.9 Å². The zero-order valence-electron chi connectivity index (χ0n) is 11.8. The van der Waals surface area contributed by atoms with Crippen LogP contribution in [0.4, 0.5) is 0 Å². The second kappa shape index (κ2) is 7.48. The predicted octanol–water partition coefficient (Wildman–Crippen LogP) is 1.66. The van der Waals surface area contributed by atoms with Gasteiger partial charge in [0.1, 0.15) is 0 Å². The third-order valence-corrected chi connectivity index (χ3v) is 4.14. The predicted molar refractivity (Wildman–Crippen MR) is 73.7 cm³/mol. The van der Waals surface area contributed by atoms with Crippen LogP contribution in [0.25, 0.3) is 0 Å². The highest BCUT2D eigenvalue weighted by atomic mass is 16.4. The Balaban J connectivity index is 2.30. The summed E-state index contributed by atoms with van der Waals surface area (Å²) in [5.74, 6) is -0.828. The molecule has 1 fully saturated rings. The minimum Gasteiger partial charge on any atom is -0.481 e. The van der Waals surface area contributed by atoms with Crippen LogP contribution in [0, 0.1) is 5.41 Å². The number of unbranched alkanes of at least 4 members (excludes halogenated alkanes) is 3. The number of nitrogens with two attached hydrogens (primary N) is 1. The van der Waals surface area contributed by atoms with Crippen molar-refractivity contribution in [3.05, 3.63) is 0 Å². The van der Waals surface area contributed by atoms with Gasteiger partial charge in [0.25, 0.3) is 0 Å². The molecule has 1 rings (SSSR count). The number of aliphatic carboxylic acids is 1. The molecule has 0 radical (unpaired) electrons. The molecule has 0 heterocycles. The molecule has 1 amide bonds. The van der Waals surface area contributed by atoms with Crippen LogP contribution in [0.2, 0.25) is 0 Å². The summed E-state index contributed by atoms with van der Waals surface area (Å²) in [4.78, 5) is 23.1. The van der Waals surface area contributed by atoms with Gasteiger partial charge in [0.2, 0.25) is 5.91 Å². The van der Waals surface area contributed by atoms with Gasteiger partial charge < -0.3 is 16.2 Å². The van der Waals surface area contributed by atoms with E-state index in [2.05, 4.69) is 5.32 Å². The van der Waals surface area contributed by atoms with E-state index in [1.165, 1.54) is 0 Å². The Hall–Kier alpha value is -1.10. The molecule has 0 aromatic rings. The average Bonchev–Trinajstić information content (AvgIpc) is 2.72. The maximum Gasteiger partial charge on any atom is 0.311 e. The third kappa shape index (κ3) is 4.49. The molecule has 2 unspecified atom stereocenters. The number of carbonyl (C=O) groups is 2. The summed E-state index contributed by atoms with van der Waals surface area (Å²) in [6.07, 6.45) is 6.67. The molecule has 0 bridgehead atoms. The van der Waals surface area contributed by atoms with E-state index in [1.807, 2.05) is 0 Å². The Morgan fingerprint density at radius 2 is 2.00 bits per heavy atom. The van der Waals surface area contributed by atoms with Gasteiger partial charge in [-0.25, -0.2) is 0 Å². The van der Waals surface area contributed by atoms with Gasteiger partial charge in [-0.1, -0.05) is 19.3 Å². The highest BCUT2D eigenvalue weighted by molar-refractivity contribution is 5.80. The van der Waals surface area contributed by atoms with Gasteiger partial charge in [0.05, 0.1) is 5.41 Å². The topological polar surface area (TPSA) is 92.4 Å². The van der Waals surface area contributed by atoms with E-state index in [0.717, 1.165) is 38.5 Å². The number of nitrogens with one attached hydrogen (secondary N) is 1. The lowest BCUT2D eigenvalue weighted by Crippen LogP contribution is -2.46. The zero-order valence-corrected chi connectivity index (χ0v) is 11.8. The minimum absolute atomic E-state index is 0.0212. The molecule has 0 saturated heterocycles. The molecule has 1 aliphatic rings. The number of hydrogen-bond acceptors (Lipinski definition) is 3. The molecule has 110 valence electrons. The highest BCUT2D eigenvalue weighted by Gasteiger charge is 2.45. The van der Waals surface area contributed by atoms with Gasteiger partial charge in [0, 0.05) is 12.5 Å². The van der Waals surface area contributed by atoms with Crippen LogP contribution in [0.1, 0.15) is 58.3 Å². The zero-order chi connectivity index (χ0) is 14.3. The van der Waals surface area contributed by atoms with Crippen LogP contribution in [0.15, 0.2) is 0 Å². The van der Waals surface area contributed by atoms with E-state index >= 15 is 0 Å². The number of carboxylic acid groups (broad SMARTS) is 1. The van der Waals surface area contributed by atoms with Gasteiger partial charge in [-0.3, -0.25) is 9.59 Å². The first-order valence-corrected chi connectivity index (χ1v) is 7.23. The molecule has 0 aromatic heterocycles. The maximum atomic E-state index is 11.8. The largest absolute Gasteiger partial charge is 0.481 e. The average molecular weight is 270 g/mol. The molecule has 1 saturated carbocycles. The van der Waals surface area contributed by atoms with Gasteiger partial charge in [-0.15, -0.1) is 0 Å². The Kier molecular flexibility index (Phi) is 6.28. The quantitative estimate of drug-likeness (QED) is 0.585. The first kappa shape index (κ1) is 16.0. The van der Waals surface area contributed by atoms with Gasteiger partial charge in [-0.2, -0.15) is 0 Å². The fourth-order valence-corrected chi connectivity index (χ4v) is 2.70. The monoisotopic (exact) mass is 270 g/mol. The lowest BCUT2D eigenvalue weighted by molar-refractivity contribution is -0.149. The fourth-order valence-electron chi connectivity index (χ4n) is 2.70. The number of amides is 1. The van der Waals surface area contributed by atoms with E-state index in [9.17, 15) is 14.7 Å². The standard InChI is InChI=1S/C14H26N2O3/c1-14(13(18)19)9-6-7-11(14)16-12(17)8-4-2-3-5-10-15/h11H,2-10,15H2,1H3,(H,16,17)(H,18,19). The van der Waals surface area contributed by atoms with Crippen LogP contribution in [-0.4, -0.2) is 29.6 Å². The summed E-state index contributed by atoms with van der Waals surface area (Å²) >= 11 is 0. The molecule has 5 nitrogen and oxygen atoms in total. The molecule has 2 atom stereocenters. The normalized spacial score (nSPS) is 26.3. The molecule has 4 N–H and O–H groups in total. The van der Waals surface area contributed by atoms with E-state index in [1.54, 1.807) is 6.92 Å². The Morgan fingerprint density at radius 3 is 2.63 bits per heavy atom. The molecule has 1 aliphatic carbocycles. The lowest BCUT2D eigenvalue weighted by Gasteiger charge is -2.27. The molecule has 19 heavy (non-hydrogen) atoms. The third-order valence-electron chi connectivity index (χ3n) is 4.14. The number of carbonyl (C=O) groups excluding carboxylic acids is 1. The second-order valence-electron chi connectivity index (χ2n) is 5.69. The summed E-state index contributed by atoms with van der Waals surface area (Å²) in [6.45, 7) is 2.43. The number of hydrogen-bond donors (Lipinski definition) is 3. The Bertz CT molecular complexity index is 320. The summed E-state index contributed by atoms with van der Waals surface area (Å²) < 4.78 is 0. The summed E-state index contributed by atoms with van der Waals surface area (Å²) in [7, 11) is 0. The van der Waals surface area contributed by atoms with Gasteiger partial charge >= 0.3 is 5.97 Å². The highest BCUT2D eigenvalue weighted by Crippen LogP contribution is 2.38. The van der Waals surface area contributed by atoms with Crippen molar-refractivity contribution in [2.24, 2.45) is 11.1 Å². The molecule has 0 aliphatic heterocycles. The van der Waals surface area contributed by atoms with Crippen molar-refractivity contribution in [3.8, 4) is 0 Å². The van der Waals surface area contributed by atoms with E-state index in [4.69, 9.17) is 5.73 Å². The van der Waals surface area contributed by atoms with Crippen LogP contribution >= 0.6 is 0 Å². The van der Waals surface area contributed by atoms with Crippen LogP contribution in [-0.2, 0) is 9.59 Å². The van der Waals surface area contributed by atoms with Crippen molar-refractivity contribution in [3.63, 3.8) is 0 Å². The number of rotatable bonds is 8. The summed E-state index contributed by atoms with van der Waals surface area (Å²) in [5, 5.41) is 12.2. The molecule has 0 spiro atoms. The number of carboxylic acids is 1. The molecular weight excluding hydrogens is 244 g/mol. The minimum atomic E-state index is -0.807. The SMILES string of the molecule is CC1(C(=O)O)CCCC1NC(=O)CCCCCCN. The van der Waals surface area contributed by atoms with Crippen molar-refractivity contribution in [1.82, 2.24) is 5.32 Å². The Morgan fingerprint density at radius 1 is 1.32 bits per heavy atom. The summed E-state index contributed by atoms with van der Waals surface area (Å²) in [5.41, 5.74) is 4.61. The van der Waals surface area contributed by atoms with Crippen molar-refractivity contribution in [2.45, 2.75) is 64.3 Å².